The molecule has 96 valence electrons. The number of aromatic hydroxyl groups is 1. The van der Waals surface area contributed by atoms with Crippen LogP contribution in [0.25, 0.3) is 0 Å². The number of rotatable bonds is 0. The summed E-state index contributed by atoms with van der Waals surface area (Å²) in [4.78, 5) is 2.45. The molecule has 2 heterocycles. The van der Waals surface area contributed by atoms with E-state index in [0.29, 0.717) is 11.8 Å². The molecule has 2 aliphatic heterocycles. The van der Waals surface area contributed by atoms with Crippen molar-refractivity contribution < 1.29 is 9.84 Å². The van der Waals surface area contributed by atoms with E-state index in [1.165, 1.54) is 31.2 Å². The molecule has 0 unspecified atom stereocenters. The maximum absolute atomic E-state index is 9.77. The second kappa shape index (κ2) is 3.41. The van der Waals surface area contributed by atoms with Gasteiger partial charge < -0.3 is 9.84 Å². The minimum atomic E-state index is 0.170. The second-order valence-corrected chi connectivity index (χ2v) is 6.13. The molecule has 2 bridgehead atoms. The van der Waals surface area contributed by atoms with Gasteiger partial charge in [-0.25, -0.2) is 0 Å². The van der Waals surface area contributed by atoms with E-state index in [2.05, 4.69) is 11.9 Å². The summed E-state index contributed by atoms with van der Waals surface area (Å²) in [7, 11) is 2.21. The highest BCUT2D eigenvalue weighted by Crippen LogP contribution is 2.55. The van der Waals surface area contributed by atoms with Gasteiger partial charge in [0.2, 0.25) is 0 Å². The Bertz CT molecular complexity index is 501. The first-order valence-electron chi connectivity index (χ1n) is 6.89. The lowest BCUT2D eigenvalue weighted by Gasteiger charge is -2.50. The van der Waals surface area contributed by atoms with Crippen LogP contribution >= 0.6 is 0 Å². The molecule has 2 fully saturated rings. The number of hydrogen-bond donors (Lipinski definition) is 1. The third kappa shape index (κ3) is 1.23. The standard InChI is InChI=1S/C15H19NO2/c1-16-9-14-15(6-2-3-10(16)8-15)12-7-11(17)4-5-13(12)18-14/h4-5,7,10,14,17H,2-3,6,8-9H2,1H3/t10-,14-,15-/m0/s1. The first-order chi connectivity index (χ1) is 8.69. The fraction of sp³-hybridized carbons (Fsp3) is 0.600. The Kier molecular flexibility index (Phi) is 2.03. The van der Waals surface area contributed by atoms with Crippen molar-refractivity contribution >= 4 is 0 Å². The number of fused-ring (bicyclic) bond motifs is 2. The summed E-state index contributed by atoms with van der Waals surface area (Å²) in [6, 6.07) is 6.29. The van der Waals surface area contributed by atoms with Crippen LogP contribution in [0, 0.1) is 0 Å². The zero-order valence-electron chi connectivity index (χ0n) is 10.7. The molecular weight excluding hydrogens is 226 g/mol. The van der Waals surface area contributed by atoms with Gasteiger partial charge in [-0.15, -0.1) is 0 Å². The van der Waals surface area contributed by atoms with Gasteiger partial charge in [-0.05, 0) is 44.5 Å². The van der Waals surface area contributed by atoms with Crippen LogP contribution in [0.4, 0.5) is 0 Å². The van der Waals surface area contributed by atoms with Gasteiger partial charge in [0.25, 0.3) is 0 Å². The van der Waals surface area contributed by atoms with Crippen molar-refractivity contribution in [3.63, 3.8) is 0 Å². The Hall–Kier alpha value is -1.22. The molecule has 1 aromatic carbocycles. The average molecular weight is 245 g/mol. The molecule has 1 N–H and O–H groups in total. The number of ether oxygens (including phenoxy) is 1. The van der Waals surface area contributed by atoms with Crippen molar-refractivity contribution in [2.24, 2.45) is 0 Å². The zero-order valence-corrected chi connectivity index (χ0v) is 10.7. The predicted octanol–water partition coefficient (Wildman–Crippen LogP) is 2.28. The summed E-state index contributed by atoms with van der Waals surface area (Å²) < 4.78 is 6.16. The highest BCUT2D eigenvalue weighted by Gasteiger charge is 2.55. The van der Waals surface area contributed by atoms with Crippen molar-refractivity contribution in [3.8, 4) is 11.5 Å². The second-order valence-electron chi connectivity index (χ2n) is 6.13. The number of phenolic OH excluding ortho intramolecular Hbond substituents is 1. The van der Waals surface area contributed by atoms with Gasteiger partial charge in [-0.1, -0.05) is 6.42 Å². The number of likely N-dealkylation sites (tertiary alicyclic amines) is 1. The highest BCUT2D eigenvalue weighted by molar-refractivity contribution is 5.50. The minimum absolute atomic E-state index is 0.170. The Morgan fingerprint density at radius 2 is 2.33 bits per heavy atom. The predicted molar refractivity (Wildman–Crippen MR) is 69.1 cm³/mol. The number of likely N-dealkylation sites (N-methyl/N-ethyl adjacent to an activating group) is 1. The van der Waals surface area contributed by atoms with Gasteiger partial charge in [0.15, 0.2) is 0 Å². The lowest BCUT2D eigenvalue weighted by atomic mass is 9.63. The molecule has 3 atom stereocenters. The fourth-order valence-corrected chi connectivity index (χ4v) is 4.26. The molecule has 0 amide bonds. The van der Waals surface area contributed by atoms with Crippen molar-refractivity contribution in [2.75, 3.05) is 13.6 Å². The first kappa shape index (κ1) is 10.7. The maximum atomic E-state index is 9.77. The topological polar surface area (TPSA) is 32.7 Å². The molecule has 1 saturated carbocycles. The van der Waals surface area contributed by atoms with E-state index < -0.39 is 0 Å². The normalized spacial score (nSPS) is 37.8. The third-order valence-corrected chi connectivity index (χ3v) is 5.22. The van der Waals surface area contributed by atoms with Gasteiger partial charge in [-0.3, -0.25) is 4.90 Å². The minimum Gasteiger partial charge on any atom is -0.508 e. The van der Waals surface area contributed by atoms with Gasteiger partial charge >= 0.3 is 0 Å². The highest BCUT2D eigenvalue weighted by atomic mass is 16.5. The smallest absolute Gasteiger partial charge is 0.124 e. The van der Waals surface area contributed by atoms with Crippen LogP contribution in [-0.2, 0) is 5.41 Å². The first-order valence-corrected chi connectivity index (χ1v) is 6.89. The Morgan fingerprint density at radius 3 is 3.22 bits per heavy atom. The number of nitrogens with zero attached hydrogens (tertiary/aromatic N) is 1. The Balaban J connectivity index is 1.85. The van der Waals surface area contributed by atoms with E-state index in [-0.39, 0.29) is 11.5 Å². The zero-order chi connectivity index (χ0) is 12.3. The molecule has 18 heavy (non-hydrogen) atoms. The van der Waals surface area contributed by atoms with E-state index in [1.54, 1.807) is 6.07 Å². The van der Waals surface area contributed by atoms with Crippen molar-refractivity contribution in [3.05, 3.63) is 23.8 Å². The average Bonchev–Trinajstić information content (AvgIpc) is 2.64. The van der Waals surface area contributed by atoms with Crippen LogP contribution in [0.3, 0.4) is 0 Å². The van der Waals surface area contributed by atoms with Crippen LogP contribution in [0.5, 0.6) is 11.5 Å². The SMILES string of the molecule is CN1C[C@@H]2Oc3ccc(O)cc3[C@@]23CCC[C@H]1C3. The van der Waals surface area contributed by atoms with Crippen LogP contribution in [0.15, 0.2) is 18.2 Å². The van der Waals surface area contributed by atoms with E-state index in [9.17, 15) is 5.11 Å². The van der Waals surface area contributed by atoms with Crippen LogP contribution < -0.4 is 4.74 Å². The molecule has 3 heteroatoms. The van der Waals surface area contributed by atoms with Crippen molar-refractivity contribution in [1.82, 2.24) is 4.90 Å². The van der Waals surface area contributed by atoms with Gasteiger partial charge in [0.1, 0.15) is 17.6 Å². The van der Waals surface area contributed by atoms with Gasteiger partial charge in [0, 0.05) is 23.6 Å². The number of benzene rings is 1. The monoisotopic (exact) mass is 245 g/mol. The summed E-state index contributed by atoms with van der Waals surface area (Å²) >= 11 is 0. The lowest BCUT2D eigenvalue weighted by Crippen LogP contribution is -2.58. The molecule has 0 aromatic heterocycles. The molecule has 3 nitrogen and oxygen atoms in total. The Morgan fingerprint density at radius 1 is 1.44 bits per heavy atom. The van der Waals surface area contributed by atoms with E-state index in [4.69, 9.17) is 4.74 Å². The number of hydrogen-bond acceptors (Lipinski definition) is 3. The molecule has 3 aliphatic rings. The van der Waals surface area contributed by atoms with E-state index in [0.717, 1.165) is 12.3 Å². The molecule has 1 aromatic rings. The summed E-state index contributed by atoms with van der Waals surface area (Å²) in [6.45, 7) is 1.01. The molecule has 0 radical (unpaired) electrons. The summed E-state index contributed by atoms with van der Waals surface area (Å²) in [5, 5.41) is 9.77. The molecular formula is C15H19NO2. The molecule has 1 aliphatic carbocycles. The number of phenols is 1. The van der Waals surface area contributed by atoms with Crippen molar-refractivity contribution in [2.45, 2.75) is 43.2 Å². The third-order valence-electron chi connectivity index (χ3n) is 5.22. The van der Waals surface area contributed by atoms with Crippen LogP contribution in [0.1, 0.15) is 31.2 Å². The maximum Gasteiger partial charge on any atom is 0.124 e. The molecule has 4 rings (SSSR count). The van der Waals surface area contributed by atoms with Crippen LogP contribution in [-0.4, -0.2) is 35.7 Å². The summed E-state index contributed by atoms with van der Waals surface area (Å²) in [6.07, 6.45) is 5.24. The van der Waals surface area contributed by atoms with E-state index >= 15 is 0 Å². The quantitative estimate of drug-likeness (QED) is 0.761. The van der Waals surface area contributed by atoms with Gasteiger partial charge in [-0.2, -0.15) is 0 Å². The van der Waals surface area contributed by atoms with E-state index in [1.807, 2.05) is 12.1 Å². The molecule has 1 spiro atoms. The fourth-order valence-electron chi connectivity index (χ4n) is 4.26. The largest absolute Gasteiger partial charge is 0.508 e. The Labute approximate surface area is 107 Å². The van der Waals surface area contributed by atoms with Crippen LogP contribution in [0.2, 0.25) is 0 Å². The van der Waals surface area contributed by atoms with Crippen molar-refractivity contribution in [1.29, 1.82) is 0 Å². The summed E-state index contributed by atoms with van der Waals surface area (Å²) in [5.74, 6) is 1.36. The van der Waals surface area contributed by atoms with Gasteiger partial charge in [0.05, 0.1) is 0 Å². The summed E-state index contributed by atoms with van der Waals surface area (Å²) in [5.41, 5.74) is 1.43. The number of piperidine rings is 1. The lowest BCUT2D eigenvalue weighted by molar-refractivity contribution is -0.00863. The molecule has 1 saturated heterocycles.